The number of rotatable bonds is 3. The largest absolute Gasteiger partial charge is 0.254 e. The molecular formula is C13H15N. The molecule has 0 unspecified atom stereocenters. The van der Waals surface area contributed by atoms with Gasteiger partial charge in [0.25, 0.3) is 0 Å². The molecule has 0 radical (unpaired) electrons. The molecule has 0 heterocycles. The number of allylic oxidation sites excluding steroid dienone is 3. The molecule has 1 aromatic carbocycles. The Morgan fingerprint density at radius 2 is 1.93 bits per heavy atom. The predicted molar refractivity (Wildman–Crippen MR) is 62.6 cm³/mol. The Morgan fingerprint density at radius 3 is 2.43 bits per heavy atom. The lowest BCUT2D eigenvalue weighted by atomic mass is 10.1. The van der Waals surface area contributed by atoms with Gasteiger partial charge in [0.15, 0.2) is 0 Å². The van der Waals surface area contributed by atoms with Crippen LogP contribution in [0.3, 0.4) is 0 Å². The van der Waals surface area contributed by atoms with Gasteiger partial charge in [-0.15, -0.1) is 0 Å². The molecule has 0 spiro atoms. The summed E-state index contributed by atoms with van der Waals surface area (Å²) in [4.78, 5) is 4.37. The summed E-state index contributed by atoms with van der Waals surface area (Å²) in [6.07, 6.45) is 3.97. The van der Waals surface area contributed by atoms with Gasteiger partial charge in [-0.05, 0) is 19.9 Å². The van der Waals surface area contributed by atoms with Gasteiger partial charge in [0.1, 0.15) is 0 Å². The third-order valence-electron chi connectivity index (χ3n) is 1.71. The summed E-state index contributed by atoms with van der Waals surface area (Å²) in [5, 5.41) is 0. The molecule has 0 amide bonds. The minimum atomic E-state index is 0.821. The highest BCUT2D eigenvalue weighted by Gasteiger charge is 1.97. The smallest absolute Gasteiger partial charge is 0.0701 e. The van der Waals surface area contributed by atoms with Gasteiger partial charge in [0.05, 0.1) is 5.71 Å². The summed E-state index contributed by atoms with van der Waals surface area (Å²) < 4.78 is 0. The SMILES string of the molecule is C=C(C)N=C(/C=C\C)c1ccccc1. The Bertz CT molecular complexity index is 358. The fraction of sp³-hybridized carbons (Fsp3) is 0.154. The molecule has 0 atom stereocenters. The first-order valence-corrected chi connectivity index (χ1v) is 4.66. The summed E-state index contributed by atoms with van der Waals surface area (Å²) in [6.45, 7) is 7.66. The van der Waals surface area contributed by atoms with Crippen molar-refractivity contribution in [1.29, 1.82) is 0 Å². The third kappa shape index (κ3) is 3.02. The Hall–Kier alpha value is -1.63. The van der Waals surface area contributed by atoms with Crippen LogP contribution in [0.4, 0.5) is 0 Å². The van der Waals surface area contributed by atoms with Crippen LogP contribution in [0.1, 0.15) is 19.4 Å². The van der Waals surface area contributed by atoms with E-state index in [9.17, 15) is 0 Å². The van der Waals surface area contributed by atoms with E-state index in [1.165, 1.54) is 0 Å². The second-order valence-electron chi connectivity index (χ2n) is 3.10. The molecule has 0 saturated carbocycles. The highest BCUT2D eigenvalue weighted by molar-refractivity contribution is 6.09. The van der Waals surface area contributed by atoms with Crippen molar-refractivity contribution >= 4 is 5.71 Å². The number of hydrogen-bond acceptors (Lipinski definition) is 1. The first-order chi connectivity index (χ1) is 6.74. The Balaban J connectivity index is 3.07. The highest BCUT2D eigenvalue weighted by Crippen LogP contribution is 2.05. The van der Waals surface area contributed by atoms with Gasteiger partial charge < -0.3 is 0 Å². The van der Waals surface area contributed by atoms with Crippen molar-refractivity contribution in [1.82, 2.24) is 0 Å². The number of aliphatic imine (C=N–C) groups is 1. The molecule has 0 aliphatic carbocycles. The second-order valence-corrected chi connectivity index (χ2v) is 3.10. The van der Waals surface area contributed by atoms with Crippen molar-refractivity contribution in [3.05, 3.63) is 60.3 Å². The first-order valence-electron chi connectivity index (χ1n) is 4.66. The van der Waals surface area contributed by atoms with Crippen LogP contribution in [-0.2, 0) is 0 Å². The van der Waals surface area contributed by atoms with Crippen molar-refractivity contribution in [3.8, 4) is 0 Å². The molecule has 72 valence electrons. The topological polar surface area (TPSA) is 12.4 Å². The average Bonchev–Trinajstić information content (AvgIpc) is 2.18. The lowest BCUT2D eigenvalue weighted by Crippen LogP contribution is -1.96. The number of hydrogen-bond donors (Lipinski definition) is 0. The van der Waals surface area contributed by atoms with E-state index in [1.54, 1.807) is 0 Å². The summed E-state index contributed by atoms with van der Waals surface area (Å²) in [6, 6.07) is 10.1. The van der Waals surface area contributed by atoms with Crippen LogP contribution in [-0.4, -0.2) is 5.71 Å². The Kier molecular flexibility index (Phi) is 3.86. The zero-order valence-corrected chi connectivity index (χ0v) is 8.70. The number of benzene rings is 1. The van der Waals surface area contributed by atoms with Crippen LogP contribution in [0.15, 0.2) is 59.8 Å². The molecule has 0 aromatic heterocycles. The van der Waals surface area contributed by atoms with Gasteiger partial charge in [0, 0.05) is 11.3 Å². The summed E-state index contributed by atoms with van der Waals surface area (Å²) >= 11 is 0. The molecule has 0 fully saturated rings. The van der Waals surface area contributed by atoms with E-state index in [0.29, 0.717) is 0 Å². The molecule has 0 saturated heterocycles. The molecule has 1 aromatic rings. The predicted octanol–water partition coefficient (Wildman–Crippen LogP) is 3.59. The summed E-state index contributed by atoms with van der Waals surface area (Å²) in [5.41, 5.74) is 2.90. The third-order valence-corrected chi connectivity index (χ3v) is 1.71. The van der Waals surface area contributed by atoms with Crippen LogP contribution in [0, 0.1) is 0 Å². The lowest BCUT2D eigenvalue weighted by Gasteiger charge is -2.00. The van der Waals surface area contributed by atoms with Crippen molar-refractivity contribution in [2.75, 3.05) is 0 Å². The standard InChI is InChI=1S/C13H15N/c1-4-8-13(14-11(2)3)12-9-6-5-7-10-12/h4-10H,2H2,1,3H3/b8-4-,14-13?. The molecule has 0 N–H and O–H groups in total. The van der Waals surface area contributed by atoms with E-state index in [2.05, 4.69) is 11.6 Å². The van der Waals surface area contributed by atoms with Crippen LogP contribution >= 0.6 is 0 Å². The molecule has 1 nitrogen and oxygen atoms in total. The van der Waals surface area contributed by atoms with E-state index < -0.39 is 0 Å². The van der Waals surface area contributed by atoms with Gasteiger partial charge in [-0.3, -0.25) is 4.99 Å². The molecule has 0 bridgehead atoms. The molecule has 0 aliphatic heterocycles. The molecule has 14 heavy (non-hydrogen) atoms. The zero-order valence-electron chi connectivity index (χ0n) is 8.70. The Labute approximate surface area is 85.5 Å². The van der Waals surface area contributed by atoms with Gasteiger partial charge in [-0.25, -0.2) is 0 Å². The van der Waals surface area contributed by atoms with Crippen molar-refractivity contribution in [2.24, 2.45) is 4.99 Å². The lowest BCUT2D eigenvalue weighted by molar-refractivity contribution is 1.32. The van der Waals surface area contributed by atoms with E-state index in [1.807, 2.05) is 56.3 Å². The minimum Gasteiger partial charge on any atom is -0.254 e. The van der Waals surface area contributed by atoms with Gasteiger partial charge in [0.2, 0.25) is 0 Å². The van der Waals surface area contributed by atoms with Gasteiger partial charge >= 0.3 is 0 Å². The molecular weight excluding hydrogens is 170 g/mol. The van der Waals surface area contributed by atoms with Crippen LogP contribution in [0.5, 0.6) is 0 Å². The fourth-order valence-electron chi connectivity index (χ4n) is 1.17. The van der Waals surface area contributed by atoms with Crippen LogP contribution < -0.4 is 0 Å². The van der Waals surface area contributed by atoms with Gasteiger partial charge in [-0.1, -0.05) is 43.0 Å². The Morgan fingerprint density at radius 1 is 1.29 bits per heavy atom. The van der Waals surface area contributed by atoms with Crippen molar-refractivity contribution < 1.29 is 0 Å². The minimum absolute atomic E-state index is 0.821. The normalized spacial score (nSPS) is 12.0. The first kappa shape index (κ1) is 10.5. The monoisotopic (exact) mass is 185 g/mol. The van der Waals surface area contributed by atoms with E-state index in [0.717, 1.165) is 17.0 Å². The highest BCUT2D eigenvalue weighted by atomic mass is 14.7. The van der Waals surface area contributed by atoms with E-state index >= 15 is 0 Å². The molecule has 0 aliphatic rings. The van der Waals surface area contributed by atoms with Crippen molar-refractivity contribution in [2.45, 2.75) is 13.8 Å². The quantitative estimate of drug-likeness (QED) is 0.638. The van der Waals surface area contributed by atoms with Crippen molar-refractivity contribution in [3.63, 3.8) is 0 Å². The molecule has 1 rings (SSSR count). The van der Waals surface area contributed by atoms with Crippen LogP contribution in [0.2, 0.25) is 0 Å². The van der Waals surface area contributed by atoms with E-state index in [-0.39, 0.29) is 0 Å². The molecule has 1 heteroatoms. The zero-order chi connectivity index (χ0) is 10.4. The van der Waals surface area contributed by atoms with Gasteiger partial charge in [-0.2, -0.15) is 0 Å². The van der Waals surface area contributed by atoms with Crippen LogP contribution in [0.25, 0.3) is 0 Å². The fourth-order valence-corrected chi connectivity index (χ4v) is 1.17. The number of nitrogens with zero attached hydrogens (tertiary/aromatic N) is 1. The maximum absolute atomic E-state index is 4.37. The summed E-state index contributed by atoms with van der Waals surface area (Å²) in [5.74, 6) is 0. The second kappa shape index (κ2) is 5.18. The van der Waals surface area contributed by atoms with E-state index in [4.69, 9.17) is 0 Å². The average molecular weight is 185 g/mol. The maximum atomic E-state index is 4.37. The summed E-state index contributed by atoms with van der Waals surface area (Å²) in [7, 11) is 0. The maximum Gasteiger partial charge on any atom is 0.0701 e.